The number of para-hydroxylation sites is 1. The van der Waals surface area contributed by atoms with E-state index in [1.165, 1.54) is 12.1 Å². The Hall–Kier alpha value is -4.31. The maximum absolute atomic E-state index is 14.2. The van der Waals surface area contributed by atoms with Crippen LogP contribution in [0.5, 0.6) is 11.6 Å². The molecule has 1 aromatic heterocycles. The zero-order valence-electron chi connectivity index (χ0n) is 26.3. The first-order valence-electron chi connectivity index (χ1n) is 15.1. The van der Waals surface area contributed by atoms with Crippen molar-refractivity contribution in [1.82, 2.24) is 14.6 Å². The molecule has 0 radical (unpaired) electrons. The van der Waals surface area contributed by atoms with Crippen LogP contribution in [-0.4, -0.2) is 80.3 Å². The summed E-state index contributed by atoms with van der Waals surface area (Å²) in [7, 11) is -4.61. The van der Waals surface area contributed by atoms with Crippen molar-refractivity contribution in [2.24, 2.45) is 11.7 Å². The van der Waals surface area contributed by atoms with E-state index in [1.54, 1.807) is 48.5 Å². The third-order valence-electron chi connectivity index (χ3n) is 7.14. The number of amides is 1. The lowest BCUT2D eigenvalue weighted by molar-refractivity contribution is -0.153. The molecule has 2 aromatic carbocycles. The Labute approximate surface area is 276 Å². The molecule has 6 N–H and O–H groups in total. The van der Waals surface area contributed by atoms with Crippen LogP contribution < -0.4 is 15.3 Å². The average Bonchev–Trinajstić information content (AvgIpc) is 3.57. The van der Waals surface area contributed by atoms with E-state index in [9.17, 15) is 34.3 Å². The van der Waals surface area contributed by atoms with Crippen LogP contribution in [0.15, 0.2) is 67.0 Å². The molecule has 17 heteroatoms. The lowest BCUT2D eigenvalue weighted by Gasteiger charge is -2.26. The van der Waals surface area contributed by atoms with Gasteiger partial charge in [-0.05, 0) is 30.0 Å². The second kappa shape index (κ2) is 16.7. The van der Waals surface area contributed by atoms with Gasteiger partial charge < -0.3 is 39.8 Å². The summed E-state index contributed by atoms with van der Waals surface area (Å²) < 4.78 is 42.8. The van der Waals surface area contributed by atoms with Crippen molar-refractivity contribution in [2.75, 3.05) is 13.2 Å². The number of carbonyl (C=O) groups excluding carboxylic acids is 3. The number of benzene rings is 2. The monoisotopic (exact) mass is 690 g/mol. The van der Waals surface area contributed by atoms with E-state index >= 15 is 0 Å². The van der Waals surface area contributed by atoms with Crippen molar-refractivity contribution >= 4 is 25.6 Å². The van der Waals surface area contributed by atoms with Crippen molar-refractivity contribution in [3.8, 4) is 11.6 Å². The van der Waals surface area contributed by atoms with Crippen LogP contribution in [-0.2, 0) is 39.5 Å². The Morgan fingerprint density at radius 3 is 2.33 bits per heavy atom. The summed E-state index contributed by atoms with van der Waals surface area (Å²) >= 11 is 0. The van der Waals surface area contributed by atoms with Crippen molar-refractivity contribution in [3.63, 3.8) is 0 Å². The van der Waals surface area contributed by atoms with Gasteiger partial charge in [0.2, 0.25) is 5.88 Å². The summed E-state index contributed by atoms with van der Waals surface area (Å²) in [4.78, 5) is 41.3. The van der Waals surface area contributed by atoms with Crippen LogP contribution in [0.4, 0.5) is 0 Å². The first-order valence-corrected chi connectivity index (χ1v) is 16.6. The number of imidazole rings is 1. The van der Waals surface area contributed by atoms with Gasteiger partial charge in [0.05, 0.1) is 19.6 Å². The lowest BCUT2D eigenvalue weighted by atomic mass is 10.1. The van der Waals surface area contributed by atoms with E-state index in [0.29, 0.717) is 12.0 Å². The molecule has 2 heterocycles. The molecule has 6 atom stereocenters. The minimum absolute atomic E-state index is 0.0262. The third-order valence-corrected chi connectivity index (χ3v) is 8.71. The molecule has 1 aliphatic heterocycles. The van der Waals surface area contributed by atoms with Gasteiger partial charge in [0.15, 0.2) is 11.9 Å². The number of rotatable bonds is 17. The van der Waals surface area contributed by atoms with Gasteiger partial charge in [-0.3, -0.25) is 23.5 Å². The Morgan fingerprint density at radius 2 is 1.71 bits per heavy atom. The summed E-state index contributed by atoms with van der Waals surface area (Å²) in [6.45, 7) is 3.14. The Morgan fingerprint density at radius 1 is 1.04 bits per heavy atom. The lowest BCUT2D eigenvalue weighted by Crippen LogP contribution is -2.41. The molecule has 16 nitrogen and oxygen atoms in total. The number of hydrogen-bond donors (Lipinski definition) is 5. The van der Waals surface area contributed by atoms with Crippen LogP contribution in [0, 0.1) is 5.92 Å². The van der Waals surface area contributed by atoms with Crippen molar-refractivity contribution in [1.29, 1.82) is 0 Å². The number of aromatic nitrogens is 2. The molecule has 48 heavy (non-hydrogen) atoms. The van der Waals surface area contributed by atoms with Gasteiger partial charge in [-0.2, -0.15) is 5.09 Å². The smallest absolute Gasteiger partial charge is 0.459 e. The van der Waals surface area contributed by atoms with Crippen molar-refractivity contribution in [2.45, 2.75) is 63.9 Å². The Kier molecular flexibility index (Phi) is 12.7. The van der Waals surface area contributed by atoms with Crippen molar-refractivity contribution in [3.05, 3.63) is 78.2 Å². The topological polar surface area (TPSA) is 231 Å². The number of nitrogens with zero attached hydrogens (tertiary/aromatic N) is 2. The number of hydrogen-bond acceptors (Lipinski definition) is 13. The van der Waals surface area contributed by atoms with Gasteiger partial charge in [0, 0.05) is 0 Å². The number of aliphatic hydroxyl groups is 2. The minimum Gasteiger partial charge on any atom is -0.493 e. The van der Waals surface area contributed by atoms with Crippen LogP contribution in [0.3, 0.4) is 0 Å². The molecule has 1 amide bonds. The molecular weight excluding hydrogens is 651 g/mol. The summed E-state index contributed by atoms with van der Waals surface area (Å²) in [5.41, 5.74) is 5.41. The van der Waals surface area contributed by atoms with Crippen LogP contribution >= 0.6 is 7.75 Å². The van der Waals surface area contributed by atoms with Crippen molar-refractivity contribution < 1.29 is 57.5 Å². The maximum Gasteiger partial charge on any atom is 0.459 e. The number of aromatic hydroxyl groups is 1. The Balaban J connectivity index is 1.52. The molecule has 1 fully saturated rings. The van der Waals surface area contributed by atoms with Gasteiger partial charge in [-0.25, -0.2) is 9.55 Å². The van der Waals surface area contributed by atoms with E-state index in [-0.39, 0.29) is 24.9 Å². The second-order valence-corrected chi connectivity index (χ2v) is 13.0. The fourth-order valence-electron chi connectivity index (χ4n) is 4.53. The van der Waals surface area contributed by atoms with Gasteiger partial charge >= 0.3 is 19.7 Å². The zero-order chi connectivity index (χ0) is 34.8. The van der Waals surface area contributed by atoms with E-state index in [4.69, 9.17) is 29.0 Å². The number of ether oxygens (including phenoxy) is 3. The van der Waals surface area contributed by atoms with Crippen LogP contribution in [0.1, 0.15) is 49.0 Å². The fourth-order valence-corrected chi connectivity index (χ4v) is 6.03. The molecular formula is C31H39N4O12P. The predicted octanol–water partition coefficient (Wildman–Crippen LogP) is 2.19. The minimum atomic E-state index is -4.61. The second-order valence-electron chi connectivity index (χ2n) is 11.3. The normalized spacial score (nSPS) is 20.9. The molecule has 1 saturated heterocycles. The zero-order valence-corrected chi connectivity index (χ0v) is 27.2. The highest BCUT2D eigenvalue weighted by molar-refractivity contribution is 7.52. The van der Waals surface area contributed by atoms with Gasteiger partial charge in [0.25, 0.3) is 5.91 Å². The first kappa shape index (κ1) is 36.5. The van der Waals surface area contributed by atoms with Gasteiger partial charge in [0.1, 0.15) is 43.0 Å². The summed E-state index contributed by atoms with van der Waals surface area (Å²) in [5.74, 6) is -3.19. The fraction of sp³-hybridized carbons (Fsp3) is 0.419. The Bertz CT molecular complexity index is 1570. The quantitative estimate of drug-likeness (QED) is 0.101. The number of esters is 2. The number of aliphatic hydroxyl groups excluding tert-OH is 2. The molecule has 0 saturated carbocycles. The van der Waals surface area contributed by atoms with E-state index < -0.39 is 80.8 Å². The maximum atomic E-state index is 14.2. The molecule has 0 bridgehead atoms. The number of nitrogens with two attached hydrogens (primary N) is 1. The van der Waals surface area contributed by atoms with Crippen LogP contribution in [0.2, 0.25) is 0 Å². The molecule has 1 aliphatic rings. The average molecular weight is 691 g/mol. The number of primary amides is 1. The highest BCUT2D eigenvalue weighted by atomic mass is 31.2. The summed E-state index contributed by atoms with van der Waals surface area (Å²) in [5, 5.41) is 34.2. The molecule has 4 rings (SSSR count). The molecule has 2 unspecified atom stereocenters. The highest BCUT2D eigenvalue weighted by Crippen LogP contribution is 2.46. The van der Waals surface area contributed by atoms with Crippen LogP contribution in [0.25, 0.3) is 0 Å². The molecule has 260 valence electrons. The first-order chi connectivity index (χ1) is 22.9. The summed E-state index contributed by atoms with van der Waals surface area (Å²) in [6, 6.07) is 15.1. The summed E-state index contributed by atoms with van der Waals surface area (Å²) in [6.07, 6.45) is -5.22. The van der Waals surface area contributed by atoms with Gasteiger partial charge in [-0.1, -0.05) is 62.4 Å². The van der Waals surface area contributed by atoms with E-state index in [0.717, 1.165) is 10.9 Å². The third kappa shape index (κ3) is 9.86. The SMILES string of the molecule is CC(C)CCOC(=O)[C@H](CC(=O)OCc1ccccc1)NP(=O)(OC[C@H]1O[C@@H](n2cnc(C(N)=O)c2O)[C@H](O)C1O)Oc1ccccc1. The van der Waals surface area contributed by atoms with E-state index in [1.807, 2.05) is 13.8 Å². The molecule has 0 aliphatic carbocycles. The molecule has 0 spiro atoms. The van der Waals surface area contributed by atoms with Gasteiger partial charge in [-0.15, -0.1) is 0 Å². The number of carbonyl (C=O) groups is 3. The number of nitrogens with one attached hydrogen (secondary N) is 1. The standard InChI is InChI=1S/C31H39N4O12P/c1-19(2)13-14-43-31(41)22(15-24(36)44-16-20-9-5-3-6-10-20)34-48(42,47-21-11-7-4-8-12-21)45-17-23-26(37)27(38)30(46-23)35-18-33-25(28(32)39)29(35)40/h3-12,18-19,22-23,26-27,30,37-38,40H,13-17H2,1-2H3,(H2,32,39)(H,34,42)/t22-,23+,26?,27+,30+,48?/m0/s1. The van der Waals surface area contributed by atoms with E-state index in [2.05, 4.69) is 10.1 Å². The molecule has 3 aromatic rings. The highest BCUT2D eigenvalue weighted by Gasteiger charge is 2.47. The predicted molar refractivity (Wildman–Crippen MR) is 167 cm³/mol. The largest absolute Gasteiger partial charge is 0.493 e.